The van der Waals surface area contributed by atoms with Crippen LogP contribution in [-0.2, 0) is 13.6 Å². The average molecular weight is 327 g/mol. The van der Waals surface area contributed by atoms with E-state index < -0.39 is 11.5 Å². The van der Waals surface area contributed by atoms with Gasteiger partial charge in [0.25, 0.3) is 11.5 Å². The van der Waals surface area contributed by atoms with Gasteiger partial charge >= 0.3 is 0 Å². The Morgan fingerprint density at radius 2 is 2.21 bits per heavy atom. The largest absolute Gasteiger partial charge is 0.343 e. The fourth-order valence-electron chi connectivity index (χ4n) is 2.05. The Hall–Kier alpha value is -3.49. The molecule has 9 nitrogen and oxygen atoms in total. The average Bonchev–Trinajstić information content (AvgIpc) is 3.04. The molecule has 0 unspecified atom stereocenters. The SMILES string of the molecule is Cn1cccc(C(=O)NCc2nc(-c3cc[nH]c(=O)c3)no2)c1=O. The summed E-state index contributed by atoms with van der Waals surface area (Å²) in [6.45, 7) is -0.0347. The molecule has 9 heteroatoms. The Balaban J connectivity index is 1.72. The molecule has 2 N–H and O–H groups in total. The van der Waals surface area contributed by atoms with E-state index in [2.05, 4.69) is 20.4 Å². The topological polar surface area (TPSA) is 123 Å². The second-order valence-electron chi connectivity index (χ2n) is 4.97. The third-order valence-corrected chi connectivity index (χ3v) is 3.27. The molecule has 3 heterocycles. The summed E-state index contributed by atoms with van der Waals surface area (Å²) < 4.78 is 6.34. The number of aromatic amines is 1. The van der Waals surface area contributed by atoms with E-state index in [1.165, 1.54) is 22.9 Å². The Kier molecular flexibility index (Phi) is 4.06. The molecular formula is C15H13N5O4. The quantitative estimate of drug-likeness (QED) is 0.698. The van der Waals surface area contributed by atoms with Crippen molar-refractivity contribution in [3.63, 3.8) is 0 Å². The van der Waals surface area contributed by atoms with Crippen LogP contribution in [0.5, 0.6) is 0 Å². The van der Waals surface area contributed by atoms with Crippen LogP contribution in [-0.4, -0.2) is 25.6 Å². The zero-order chi connectivity index (χ0) is 17.1. The van der Waals surface area contributed by atoms with E-state index in [9.17, 15) is 14.4 Å². The predicted octanol–water partition coefficient (Wildman–Crippen LogP) is 0.0536. The Morgan fingerprint density at radius 3 is 3.00 bits per heavy atom. The lowest BCUT2D eigenvalue weighted by Crippen LogP contribution is -2.31. The summed E-state index contributed by atoms with van der Waals surface area (Å²) in [4.78, 5) is 41.8. The third-order valence-electron chi connectivity index (χ3n) is 3.27. The van der Waals surface area contributed by atoms with Gasteiger partial charge in [-0.3, -0.25) is 14.4 Å². The Labute approximate surface area is 135 Å². The van der Waals surface area contributed by atoms with Crippen molar-refractivity contribution in [2.24, 2.45) is 7.05 Å². The minimum absolute atomic E-state index is 0.0225. The number of hydrogen-bond acceptors (Lipinski definition) is 6. The molecule has 3 aromatic rings. The van der Waals surface area contributed by atoms with Crippen LogP contribution in [0.15, 0.2) is 50.8 Å². The minimum Gasteiger partial charge on any atom is -0.343 e. The third kappa shape index (κ3) is 3.14. The summed E-state index contributed by atoms with van der Waals surface area (Å²) in [6, 6.07) is 6.00. The van der Waals surface area contributed by atoms with Gasteiger partial charge in [0.2, 0.25) is 17.3 Å². The van der Waals surface area contributed by atoms with E-state index in [0.29, 0.717) is 5.56 Å². The van der Waals surface area contributed by atoms with Crippen LogP contribution in [0.25, 0.3) is 11.4 Å². The van der Waals surface area contributed by atoms with Crippen molar-refractivity contribution in [3.05, 3.63) is 68.8 Å². The van der Waals surface area contributed by atoms with Crippen LogP contribution < -0.4 is 16.4 Å². The molecule has 0 saturated carbocycles. The smallest absolute Gasteiger partial charge is 0.263 e. The van der Waals surface area contributed by atoms with Gasteiger partial charge in [0.15, 0.2) is 0 Å². The Bertz CT molecular complexity index is 1000. The molecule has 0 bridgehead atoms. The van der Waals surface area contributed by atoms with Gasteiger partial charge in [-0.15, -0.1) is 0 Å². The van der Waals surface area contributed by atoms with E-state index in [1.54, 1.807) is 25.4 Å². The maximum absolute atomic E-state index is 12.1. The summed E-state index contributed by atoms with van der Waals surface area (Å²) in [6.07, 6.45) is 3.03. The lowest BCUT2D eigenvalue weighted by Gasteiger charge is -2.03. The lowest BCUT2D eigenvalue weighted by molar-refractivity contribution is 0.0944. The summed E-state index contributed by atoms with van der Waals surface area (Å²) in [5.41, 5.74) is -0.164. The lowest BCUT2D eigenvalue weighted by atomic mass is 10.2. The maximum atomic E-state index is 12.1. The normalized spacial score (nSPS) is 10.5. The first kappa shape index (κ1) is 15.4. The molecule has 3 rings (SSSR count). The van der Waals surface area contributed by atoms with Gasteiger partial charge in [0.1, 0.15) is 5.56 Å². The molecule has 122 valence electrons. The molecule has 3 aromatic heterocycles. The molecule has 1 amide bonds. The maximum Gasteiger partial charge on any atom is 0.263 e. The minimum atomic E-state index is -0.535. The number of hydrogen-bond donors (Lipinski definition) is 2. The van der Waals surface area contributed by atoms with Crippen LogP contribution in [0.2, 0.25) is 0 Å². The second-order valence-corrected chi connectivity index (χ2v) is 4.97. The van der Waals surface area contributed by atoms with Crippen LogP contribution in [0.3, 0.4) is 0 Å². The van der Waals surface area contributed by atoms with Crippen LogP contribution in [0, 0.1) is 0 Å². The first-order chi connectivity index (χ1) is 11.5. The first-order valence-corrected chi connectivity index (χ1v) is 7.00. The summed E-state index contributed by atoms with van der Waals surface area (Å²) >= 11 is 0. The highest BCUT2D eigenvalue weighted by molar-refractivity contribution is 5.93. The first-order valence-electron chi connectivity index (χ1n) is 7.00. The highest BCUT2D eigenvalue weighted by Gasteiger charge is 2.13. The van der Waals surface area contributed by atoms with Crippen molar-refractivity contribution in [2.75, 3.05) is 0 Å². The van der Waals surface area contributed by atoms with Gasteiger partial charge in [-0.1, -0.05) is 5.16 Å². The standard InChI is InChI=1S/C15H13N5O4/c1-20-6-2-3-10(15(20)23)14(22)17-8-12-18-13(19-24-12)9-4-5-16-11(21)7-9/h2-7H,8H2,1H3,(H,16,21)(H,17,22). The van der Waals surface area contributed by atoms with E-state index in [4.69, 9.17) is 4.52 Å². The highest BCUT2D eigenvalue weighted by Crippen LogP contribution is 2.12. The van der Waals surface area contributed by atoms with E-state index in [1.807, 2.05) is 0 Å². The molecule has 0 aliphatic rings. The summed E-state index contributed by atoms with van der Waals surface area (Å²) in [7, 11) is 1.56. The molecule has 0 saturated heterocycles. The Morgan fingerprint density at radius 1 is 1.38 bits per heavy atom. The number of pyridine rings is 2. The number of carbonyl (C=O) groups excluding carboxylic acids is 1. The number of aromatic nitrogens is 4. The van der Waals surface area contributed by atoms with Crippen LogP contribution in [0.1, 0.15) is 16.2 Å². The number of H-pyrrole nitrogens is 1. The van der Waals surface area contributed by atoms with Gasteiger partial charge in [-0.05, 0) is 18.2 Å². The molecule has 0 atom stereocenters. The molecule has 0 fully saturated rings. The van der Waals surface area contributed by atoms with Gasteiger partial charge in [-0.25, -0.2) is 0 Å². The van der Waals surface area contributed by atoms with Crippen molar-refractivity contribution in [1.29, 1.82) is 0 Å². The van der Waals surface area contributed by atoms with Crippen molar-refractivity contribution in [1.82, 2.24) is 25.0 Å². The molecule has 0 aliphatic heterocycles. The van der Waals surface area contributed by atoms with Crippen molar-refractivity contribution < 1.29 is 9.32 Å². The molecule has 0 aromatic carbocycles. The van der Waals surface area contributed by atoms with Gasteiger partial charge in [0.05, 0.1) is 6.54 Å². The van der Waals surface area contributed by atoms with Crippen LogP contribution in [0.4, 0.5) is 0 Å². The van der Waals surface area contributed by atoms with E-state index >= 15 is 0 Å². The summed E-state index contributed by atoms with van der Waals surface area (Å²) in [5.74, 6) is -0.139. The zero-order valence-electron chi connectivity index (χ0n) is 12.6. The monoisotopic (exact) mass is 327 g/mol. The van der Waals surface area contributed by atoms with E-state index in [-0.39, 0.29) is 29.4 Å². The number of rotatable bonds is 4. The number of nitrogens with zero attached hydrogens (tertiary/aromatic N) is 3. The molecular weight excluding hydrogens is 314 g/mol. The number of carbonyl (C=O) groups is 1. The number of nitrogens with one attached hydrogen (secondary N) is 2. The predicted molar refractivity (Wildman–Crippen MR) is 83.2 cm³/mol. The van der Waals surface area contributed by atoms with Crippen molar-refractivity contribution in [2.45, 2.75) is 6.54 Å². The molecule has 24 heavy (non-hydrogen) atoms. The molecule has 0 radical (unpaired) electrons. The molecule has 0 aliphatic carbocycles. The van der Waals surface area contributed by atoms with Gasteiger partial charge < -0.3 is 19.4 Å². The van der Waals surface area contributed by atoms with Crippen LogP contribution >= 0.6 is 0 Å². The highest BCUT2D eigenvalue weighted by atomic mass is 16.5. The fraction of sp³-hybridized carbons (Fsp3) is 0.133. The van der Waals surface area contributed by atoms with E-state index in [0.717, 1.165) is 0 Å². The fourth-order valence-corrected chi connectivity index (χ4v) is 2.05. The van der Waals surface area contributed by atoms with Crippen molar-refractivity contribution in [3.8, 4) is 11.4 Å². The van der Waals surface area contributed by atoms with Gasteiger partial charge in [0, 0.05) is 31.1 Å². The second kappa shape index (κ2) is 6.32. The van der Waals surface area contributed by atoms with Crippen molar-refractivity contribution >= 4 is 5.91 Å². The number of aryl methyl sites for hydroxylation is 1. The van der Waals surface area contributed by atoms with Gasteiger partial charge in [-0.2, -0.15) is 4.98 Å². The zero-order valence-corrected chi connectivity index (χ0v) is 12.6. The summed E-state index contributed by atoms with van der Waals surface area (Å²) in [5, 5.41) is 6.30. The number of amides is 1. The molecule has 0 spiro atoms.